The summed E-state index contributed by atoms with van der Waals surface area (Å²) < 4.78 is 42.4. The molecule has 0 bridgehead atoms. The first-order chi connectivity index (χ1) is 9.77. The van der Waals surface area contributed by atoms with E-state index < -0.39 is 17.7 Å². The van der Waals surface area contributed by atoms with Crippen LogP contribution >= 0.6 is 0 Å². The van der Waals surface area contributed by atoms with Gasteiger partial charge in [-0.1, -0.05) is 0 Å². The van der Waals surface area contributed by atoms with E-state index in [1.54, 1.807) is 6.92 Å². The number of alkyl halides is 3. The normalized spacial score (nSPS) is 11.2. The summed E-state index contributed by atoms with van der Waals surface area (Å²) >= 11 is 0. The van der Waals surface area contributed by atoms with Gasteiger partial charge in [-0.05, 0) is 36.8 Å². The van der Waals surface area contributed by atoms with Crippen LogP contribution in [0.5, 0.6) is 11.6 Å². The number of pyridine rings is 1. The second kappa shape index (κ2) is 5.43. The van der Waals surface area contributed by atoms with E-state index in [1.807, 2.05) is 0 Å². The predicted molar refractivity (Wildman–Crippen MR) is 67.5 cm³/mol. The summed E-state index contributed by atoms with van der Waals surface area (Å²) in [5.41, 5.74) is -0.262. The fraction of sp³-hybridized carbons (Fsp3) is 0.143. The number of ether oxygens (including phenoxy) is 1. The molecule has 0 aliphatic heterocycles. The van der Waals surface area contributed by atoms with E-state index in [0.717, 1.165) is 12.1 Å². The summed E-state index contributed by atoms with van der Waals surface area (Å²) in [6.45, 7) is 1.59. The molecule has 4 nitrogen and oxygen atoms in total. The molecule has 0 spiro atoms. The lowest BCUT2D eigenvalue weighted by Gasteiger charge is -2.09. The van der Waals surface area contributed by atoms with Crippen LogP contribution < -0.4 is 4.74 Å². The number of carboxylic acid groups (broad SMARTS) is 1. The molecular weight excluding hydrogens is 287 g/mol. The van der Waals surface area contributed by atoms with Gasteiger partial charge < -0.3 is 9.84 Å². The van der Waals surface area contributed by atoms with Crippen molar-refractivity contribution in [2.24, 2.45) is 0 Å². The molecule has 0 amide bonds. The monoisotopic (exact) mass is 297 g/mol. The highest BCUT2D eigenvalue weighted by atomic mass is 19.4. The van der Waals surface area contributed by atoms with Gasteiger partial charge in [0.2, 0.25) is 5.88 Å². The number of hydrogen-bond donors (Lipinski definition) is 1. The molecule has 1 heterocycles. The van der Waals surface area contributed by atoms with Crippen LogP contribution in [-0.2, 0) is 6.18 Å². The van der Waals surface area contributed by atoms with Crippen molar-refractivity contribution in [3.05, 3.63) is 53.2 Å². The Morgan fingerprint density at radius 3 is 2.43 bits per heavy atom. The van der Waals surface area contributed by atoms with Gasteiger partial charge in [-0.25, -0.2) is 9.78 Å². The van der Waals surface area contributed by atoms with Gasteiger partial charge in [-0.3, -0.25) is 0 Å². The molecule has 0 saturated carbocycles. The highest BCUT2D eigenvalue weighted by Gasteiger charge is 2.30. The molecule has 0 atom stereocenters. The Morgan fingerprint density at radius 1 is 1.24 bits per heavy atom. The molecule has 2 aromatic rings. The summed E-state index contributed by atoms with van der Waals surface area (Å²) in [5.74, 6) is -0.776. The molecule has 0 unspecified atom stereocenters. The lowest BCUT2D eigenvalue weighted by molar-refractivity contribution is -0.137. The van der Waals surface area contributed by atoms with Gasteiger partial charge in [-0.2, -0.15) is 13.2 Å². The molecule has 0 radical (unpaired) electrons. The molecule has 0 fully saturated rings. The van der Waals surface area contributed by atoms with Crippen molar-refractivity contribution < 1.29 is 27.8 Å². The number of carbonyl (C=O) groups is 1. The lowest BCUT2D eigenvalue weighted by atomic mass is 10.1. The molecule has 1 N–H and O–H groups in total. The first kappa shape index (κ1) is 14.8. The Balaban J connectivity index is 2.19. The van der Waals surface area contributed by atoms with Gasteiger partial charge in [0.1, 0.15) is 5.75 Å². The molecule has 0 aliphatic carbocycles. The fourth-order valence-corrected chi connectivity index (χ4v) is 1.67. The first-order valence-electron chi connectivity index (χ1n) is 5.82. The van der Waals surface area contributed by atoms with Crippen LogP contribution in [0.15, 0.2) is 36.5 Å². The van der Waals surface area contributed by atoms with Crippen molar-refractivity contribution in [1.29, 1.82) is 0 Å². The number of nitrogens with zero attached hydrogens (tertiary/aromatic N) is 1. The lowest BCUT2D eigenvalue weighted by Crippen LogP contribution is -2.05. The van der Waals surface area contributed by atoms with Crippen molar-refractivity contribution in [3.8, 4) is 11.6 Å². The summed E-state index contributed by atoms with van der Waals surface area (Å²) in [7, 11) is 0. The van der Waals surface area contributed by atoms with Crippen molar-refractivity contribution >= 4 is 5.97 Å². The predicted octanol–water partition coefficient (Wildman–Crippen LogP) is 3.90. The number of rotatable bonds is 3. The number of aromatic nitrogens is 1. The number of halogens is 3. The molecule has 21 heavy (non-hydrogen) atoms. The zero-order valence-corrected chi connectivity index (χ0v) is 10.8. The number of benzene rings is 1. The second-order valence-electron chi connectivity index (χ2n) is 4.27. The zero-order chi connectivity index (χ0) is 15.6. The maximum atomic E-state index is 12.4. The van der Waals surface area contributed by atoms with Crippen molar-refractivity contribution in [2.75, 3.05) is 0 Å². The molecule has 1 aromatic heterocycles. The van der Waals surface area contributed by atoms with Crippen LogP contribution in [0.1, 0.15) is 21.5 Å². The van der Waals surface area contributed by atoms with Crippen molar-refractivity contribution in [3.63, 3.8) is 0 Å². The largest absolute Gasteiger partial charge is 0.478 e. The molecular formula is C14H10F3NO3. The molecule has 2 rings (SSSR count). The minimum absolute atomic E-state index is 0.00882. The van der Waals surface area contributed by atoms with E-state index >= 15 is 0 Å². The van der Waals surface area contributed by atoms with E-state index in [1.165, 1.54) is 18.2 Å². The highest BCUT2D eigenvalue weighted by molar-refractivity contribution is 5.89. The third kappa shape index (κ3) is 3.50. The van der Waals surface area contributed by atoms with Crippen molar-refractivity contribution in [2.45, 2.75) is 13.1 Å². The van der Waals surface area contributed by atoms with Crippen LogP contribution in [0.2, 0.25) is 0 Å². The third-order valence-corrected chi connectivity index (χ3v) is 2.71. The van der Waals surface area contributed by atoms with Crippen LogP contribution in [-0.4, -0.2) is 16.1 Å². The smallest absolute Gasteiger partial charge is 0.417 e. The van der Waals surface area contributed by atoms with Gasteiger partial charge in [0, 0.05) is 12.3 Å². The summed E-state index contributed by atoms with van der Waals surface area (Å²) in [6, 6.07) is 6.21. The van der Waals surface area contributed by atoms with Crippen molar-refractivity contribution in [1.82, 2.24) is 4.98 Å². The van der Waals surface area contributed by atoms with Gasteiger partial charge in [0.05, 0.1) is 11.1 Å². The average Bonchev–Trinajstić information content (AvgIpc) is 2.38. The summed E-state index contributed by atoms with van der Waals surface area (Å²) in [6.07, 6.45) is -3.78. The third-order valence-electron chi connectivity index (χ3n) is 2.71. The number of carboxylic acids is 1. The maximum absolute atomic E-state index is 12.4. The molecule has 110 valence electrons. The Morgan fingerprint density at radius 2 is 1.95 bits per heavy atom. The van der Waals surface area contributed by atoms with Crippen LogP contribution in [0.25, 0.3) is 0 Å². The fourth-order valence-electron chi connectivity index (χ4n) is 1.67. The van der Waals surface area contributed by atoms with Gasteiger partial charge >= 0.3 is 12.1 Å². The molecule has 0 aliphatic rings. The first-order valence-corrected chi connectivity index (χ1v) is 5.82. The number of aryl methyl sites for hydroxylation is 1. The zero-order valence-electron chi connectivity index (χ0n) is 10.8. The van der Waals surface area contributed by atoms with Gasteiger partial charge in [-0.15, -0.1) is 0 Å². The molecule has 0 saturated heterocycles. The second-order valence-corrected chi connectivity index (χ2v) is 4.27. The van der Waals surface area contributed by atoms with Gasteiger partial charge in [0.15, 0.2) is 0 Å². The van der Waals surface area contributed by atoms with Crippen LogP contribution in [0, 0.1) is 6.92 Å². The standard InChI is InChI=1S/C14H10F3NO3/c1-8-6-10(3-4-11(8)13(19)20)21-12-5-2-9(7-18-12)14(15,16)17/h2-7H,1H3,(H,19,20). The van der Waals surface area contributed by atoms with Crippen LogP contribution in [0.3, 0.4) is 0 Å². The number of hydrogen-bond acceptors (Lipinski definition) is 3. The van der Waals surface area contributed by atoms with E-state index in [4.69, 9.17) is 9.84 Å². The Bertz CT molecular complexity index is 666. The SMILES string of the molecule is Cc1cc(Oc2ccc(C(F)(F)F)cn2)ccc1C(=O)O. The van der Waals surface area contributed by atoms with E-state index in [-0.39, 0.29) is 11.4 Å². The van der Waals surface area contributed by atoms with E-state index in [9.17, 15) is 18.0 Å². The van der Waals surface area contributed by atoms with E-state index in [0.29, 0.717) is 17.5 Å². The topological polar surface area (TPSA) is 59.4 Å². The summed E-state index contributed by atoms with van der Waals surface area (Å²) in [4.78, 5) is 14.4. The van der Waals surface area contributed by atoms with E-state index in [2.05, 4.69) is 4.98 Å². The summed E-state index contributed by atoms with van der Waals surface area (Å²) in [5, 5.41) is 8.89. The Labute approximate surface area is 117 Å². The Hall–Kier alpha value is -2.57. The minimum atomic E-state index is -4.45. The van der Waals surface area contributed by atoms with Crippen LogP contribution in [0.4, 0.5) is 13.2 Å². The minimum Gasteiger partial charge on any atom is -0.478 e. The highest BCUT2D eigenvalue weighted by Crippen LogP contribution is 2.30. The molecule has 1 aromatic carbocycles. The van der Waals surface area contributed by atoms with Gasteiger partial charge in [0.25, 0.3) is 0 Å². The average molecular weight is 297 g/mol. The quantitative estimate of drug-likeness (QED) is 0.933. The molecule has 7 heteroatoms. The maximum Gasteiger partial charge on any atom is 0.417 e. The number of aromatic carboxylic acids is 1. The Kier molecular flexibility index (Phi) is 3.84.